The van der Waals surface area contributed by atoms with Gasteiger partial charge in [-0.15, -0.1) is 0 Å². The highest BCUT2D eigenvalue weighted by atomic mass is 19.4. The van der Waals surface area contributed by atoms with Crippen molar-refractivity contribution in [1.82, 2.24) is 4.98 Å². The van der Waals surface area contributed by atoms with Crippen LogP contribution < -0.4 is 11.1 Å². The molecule has 1 heterocycles. The fourth-order valence-corrected chi connectivity index (χ4v) is 1.69. The molecule has 0 fully saturated rings. The zero-order valence-electron chi connectivity index (χ0n) is 10.1. The van der Waals surface area contributed by atoms with Gasteiger partial charge >= 0.3 is 12.2 Å². The van der Waals surface area contributed by atoms with Crippen LogP contribution in [0.25, 0.3) is 11.3 Å². The summed E-state index contributed by atoms with van der Waals surface area (Å²) in [6.45, 7) is 0. The summed E-state index contributed by atoms with van der Waals surface area (Å²) in [5.74, 6) is 0. The van der Waals surface area contributed by atoms with Crippen molar-refractivity contribution < 1.29 is 18.0 Å². The number of primary amides is 1. The number of carbonyl (C=O) groups excluding carboxylic acids is 1. The van der Waals surface area contributed by atoms with Gasteiger partial charge in [0, 0.05) is 17.4 Å². The Bertz CT molecular complexity index is 627. The number of benzene rings is 1. The lowest BCUT2D eigenvalue weighted by Gasteiger charge is -2.12. The van der Waals surface area contributed by atoms with Gasteiger partial charge in [-0.3, -0.25) is 4.98 Å². The van der Waals surface area contributed by atoms with Gasteiger partial charge in [-0.25, -0.2) is 4.79 Å². The molecule has 0 aliphatic rings. The Morgan fingerprint density at radius 3 is 2.50 bits per heavy atom. The van der Waals surface area contributed by atoms with E-state index in [-0.39, 0.29) is 11.3 Å². The fraction of sp³-hybridized carbons (Fsp3) is 0.0769. The van der Waals surface area contributed by atoms with Crippen molar-refractivity contribution in [3.8, 4) is 11.3 Å². The third-order valence-electron chi connectivity index (χ3n) is 2.49. The van der Waals surface area contributed by atoms with Gasteiger partial charge in [0.05, 0.1) is 11.3 Å². The predicted molar refractivity (Wildman–Crippen MR) is 67.9 cm³/mol. The average Bonchev–Trinajstić information content (AvgIpc) is 2.37. The first-order valence-corrected chi connectivity index (χ1v) is 5.56. The van der Waals surface area contributed by atoms with Crippen molar-refractivity contribution in [2.75, 3.05) is 5.32 Å². The minimum Gasteiger partial charge on any atom is -0.351 e. The molecule has 0 spiro atoms. The molecule has 3 N–H and O–H groups in total. The highest BCUT2D eigenvalue weighted by Crippen LogP contribution is 2.34. The van der Waals surface area contributed by atoms with E-state index >= 15 is 0 Å². The first kappa shape index (κ1) is 13.9. The van der Waals surface area contributed by atoms with Crippen LogP contribution in [0.4, 0.5) is 23.7 Å². The number of aromatic nitrogens is 1. The van der Waals surface area contributed by atoms with Crippen molar-refractivity contribution in [2.24, 2.45) is 5.73 Å². The summed E-state index contributed by atoms with van der Waals surface area (Å²) in [4.78, 5) is 14.8. The molecule has 1 aromatic heterocycles. The Morgan fingerprint density at radius 2 is 1.95 bits per heavy atom. The molecule has 20 heavy (non-hydrogen) atoms. The van der Waals surface area contributed by atoms with Crippen LogP contribution in [-0.2, 0) is 6.18 Å². The molecule has 0 atom stereocenters. The molecule has 104 valence electrons. The highest BCUT2D eigenvalue weighted by molar-refractivity contribution is 5.89. The molecule has 0 unspecified atom stereocenters. The van der Waals surface area contributed by atoms with E-state index in [1.54, 1.807) is 18.2 Å². The van der Waals surface area contributed by atoms with E-state index in [4.69, 9.17) is 5.73 Å². The molecule has 2 aromatic rings. The number of nitrogens with one attached hydrogen (secondary N) is 1. The molecule has 2 amide bonds. The molecule has 4 nitrogen and oxygen atoms in total. The van der Waals surface area contributed by atoms with Crippen LogP contribution in [0.1, 0.15) is 5.56 Å². The smallest absolute Gasteiger partial charge is 0.351 e. The Morgan fingerprint density at radius 1 is 1.20 bits per heavy atom. The quantitative estimate of drug-likeness (QED) is 0.887. The highest BCUT2D eigenvalue weighted by Gasteiger charge is 2.31. The van der Waals surface area contributed by atoms with Crippen LogP contribution in [-0.4, -0.2) is 11.0 Å². The zero-order chi connectivity index (χ0) is 14.8. The van der Waals surface area contributed by atoms with E-state index in [2.05, 4.69) is 10.3 Å². The molecule has 0 aliphatic carbocycles. The summed E-state index contributed by atoms with van der Waals surface area (Å²) in [6.07, 6.45) is -3.06. The van der Waals surface area contributed by atoms with Gasteiger partial charge in [0.25, 0.3) is 0 Å². The number of carbonyl (C=O) groups is 1. The second-order valence-electron chi connectivity index (χ2n) is 4.00. The Hall–Kier alpha value is -2.57. The summed E-state index contributed by atoms with van der Waals surface area (Å²) in [7, 11) is 0. The molecule has 1 aromatic carbocycles. The maximum Gasteiger partial charge on any atom is 0.416 e. The van der Waals surface area contributed by atoms with E-state index in [0.717, 1.165) is 12.1 Å². The number of hydrogen-bond donors (Lipinski definition) is 2. The molecule has 0 radical (unpaired) electrons. The number of rotatable bonds is 2. The number of alkyl halides is 3. The van der Waals surface area contributed by atoms with Crippen LogP contribution in [0.5, 0.6) is 0 Å². The first-order valence-electron chi connectivity index (χ1n) is 5.56. The predicted octanol–water partition coefficient (Wildman–Crippen LogP) is 3.26. The van der Waals surface area contributed by atoms with Crippen LogP contribution in [0, 0.1) is 0 Å². The van der Waals surface area contributed by atoms with Crippen LogP contribution in [0.15, 0.2) is 42.6 Å². The fourth-order valence-electron chi connectivity index (χ4n) is 1.69. The van der Waals surface area contributed by atoms with Gasteiger partial charge in [0.1, 0.15) is 0 Å². The summed E-state index contributed by atoms with van der Waals surface area (Å²) in [6, 6.07) is 7.11. The third-order valence-corrected chi connectivity index (χ3v) is 2.49. The summed E-state index contributed by atoms with van der Waals surface area (Å²) in [5, 5.41) is 2.14. The van der Waals surface area contributed by atoms with E-state index in [0.29, 0.717) is 5.69 Å². The number of amides is 2. The lowest BCUT2D eigenvalue weighted by atomic mass is 10.1. The molecule has 0 aliphatic heterocycles. The number of halogens is 3. The number of anilines is 1. The molecular weight excluding hydrogens is 271 g/mol. The lowest BCUT2D eigenvalue weighted by molar-refractivity contribution is -0.137. The van der Waals surface area contributed by atoms with Crippen molar-refractivity contribution in [3.63, 3.8) is 0 Å². The minimum absolute atomic E-state index is 0.0343. The number of nitrogens with zero attached hydrogens (tertiary/aromatic N) is 1. The van der Waals surface area contributed by atoms with Crippen molar-refractivity contribution >= 4 is 11.7 Å². The molecule has 7 heteroatoms. The second kappa shape index (κ2) is 5.20. The summed E-state index contributed by atoms with van der Waals surface area (Å²) >= 11 is 0. The van der Waals surface area contributed by atoms with Crippen molar-refractivity contribution in [2.45, 2.75) is 6.18 Å². The standard InChI is InChI=1S/C13H10F3N3O/c14-13(15,16)9-5-8(11-3-1-2-4-18-11)6-10(7-9)19-12(17)20/h1-7H,(H3,17,19,20). The zero-order valence-corrected chi connectivity index (χ0v) is 10.1. The SMILES string of the molecule is NC(=O)Nc1cc(-c2ccccn2)cc(C(F)(F)F)c1. The third kappa shape index (κ3) is 3.25. The van der Waals surface area contributed by atoms with Gasteiger partial charge in [0.2, 0.25) is 0 Å². The Balaban J connectivity index is 2.54. The Labute approximate surface area is 112 Å². The lowest BCUT2D eigenvalue weighted by Crippen LogP contribution is -2.19. The minimum atomic E-state index is -4.53. The molecule has 0 saturated heterocycles. The first-order chi connectivity index (χ1) is 9.36. The maximum absolute atomic E-state index is 12.8. The summed E-state index contributed by atoms with van der Waals surface area (Å²) < 4.78 is 38.5. The molecule has 2 rings (SSSR count). The number of nitrogens with two attached hydrogens (primary N) is 1. The van der Waals surface area contributed by atoms with Crippen LogP contribution in [0.3, 0.4) is 0 Å². The maximum atomic E-state index is 12.8. The van der Waals surface area contributed by atoms with Crippen LogP contribution in [0.2, 0.25) is 0 Å². The van der Waals surface area contributed by atoms with E-state index in [9.17, 15) is 18.0 Å². The topological polar surface area (TPSA) is 68.0 Å². The van der Waals surface area contributed by atoms with Gasteiger partial charge in [-0.2, -0.15) is 13.2 Å². The monoisotopic (exact) mass is 281 g/mol. The number of hydrogen-bond acceptors (Lipinski definition) is 2. The number of pyridine rings is 1. The normalized spacial score (nSPS) is 11.2. The molecular formula is C13H10F3N3O. The van der Waals surface area contributed by atoms with E-state index in [1.165, 1.54) is 12.3 Å². The Kier molecular flexibility index (Phi) is 3.60. The van der Waals surface area contributed by atoms with Gasteiger partial charge in [-0.1, -0.05) is 6.07 Å². The summed E-state index contributed by atoms with van der Waals surface area (Å²) in [5.41, 5.74) is 4.61. The van der Waals surface area contributed by atoms with Crippen LogP contribution >= 0.6 is 0 Å². The molecule has 0 bridgehead atoms. The van der Waals surface area contributed by atoms with Crippen molar-refractivity contribution in [1.29, 1.82) is 0 Å². The van der Waals surface area contributed by atoms with Gasteiger partial charge in [-0.05, 0) is 30.3 Å². The number of urea groups is 1. The second-order valence-corrected chi connectivity index (χ2v) is 4.00. The van der Waals surface area contributed by atoms with Crippen molar-refractivity contribution in [3.05, 3.63) is 48.2 Å². The largest absolute Gasteiger partial charge is 0.416 e. The molecule has 0 saturated carbocycles. The van der Waals surface area contributed by atoms with Gasteiger partial charge < -0.3 is 11.1 Å². The van der Waals surface area contributed by atoms with E-state index in [1.807, 2.05) is 0 Å². The van der Waals surface area contributed by atoms with Gasteiger partial charge in [0.15, 0.2) is 0 Å². The van der Waals surface area contributed by atoms with E-state index < -0.39 is 17.8 Å². The average molecular weight is 281 g/mol.